The van der Waals surface area contributed by atoms with E-state index < -0.39 is 0 Å². The smallest absolute Gasteiger partial charge is 0.0969 e. The maximum atomic E-state index is 5.82. The van der Waals surface area contributed by atoms with Gasteiger partial charge in [-0.1, -0.05) is 0 Å². The fourth-order valence-corrected chi connectivity index (χ4v) is 4.45. The summed E-state index contributed by atoms with van der Waals surface area (Å²) in [6.07, 6.45) is 9.04. The van der Waals surface area contributed by atoms with Crippen LogP contribution in [0.3, 0.4) is 0 Å². The molecule has 27 heavy (non-hydrogen) atoms. The van der Waals surface area contributed by atoms with Gasteiger partial charge in [-0.2, -0.15) is 5.10 Å². The Labute approximate surface area is 161 Å². The normalized spacial score (nSPS) is 26.2. The van der Waals surface area contributed by atoms with Crippen LogP contribution in [0.2, 0.25) is 0 Å². The number of pyridine rings is 1. The largest absolute Gasteiger partial charge is 0.367 e. The van der Waals surface area contributed by atoms with Crippen LogP contribution in [0.5, 0.6) is 0 Å². The van der Waals surface area contributed by atoms with Crippen LogP contribution in [-0.4, -0.2) is 59.4 Å². The Balaban J connectivity index is 1.48. The van der Waals surface area contributed by atoms with E-state index in [2.05, 4.69) is 39.9 Å². The van der Waals surface area contributed by atoms with Gasteiger partial charge in [0.1, 0.15) is 0 Å². The molecule has 0 amide bonds. The first-order chi connectivity index (χ1) is 13.2. The maximum absolute atomic E-state index is 5.82. The standard InChI is InChI=1S/C21H30N6/c1-25-7-9-26(10-8-25)19-3-2-6-23-21(19)18-14-27(17-11-15(12-17)13-22)24-20(18)16-4-5-16/h2-3,6,14-17H,4-5,7-13,22H2,1H3. The first kappa shape index (κ1) is 17.2. The fraction of sp³-hybridized carbons (Fsp3) is 0.619. The number of nitrogens with zero attached hydrogens (tertiary/aromatic N) is 5. The van der Waals surface area contributed by atoms with Crippen LogP contribution in [0.15, 0.2) is 24.5 Å². The minimum absolute atomic E-state index is 0.514. The van der Waals surface area contributed by atoms with Gasteiger partial charge in [0.05, 0.1) is 23.1 Å². The molecule has 6 nitrogen and oxygen atoms in total. The molecule has 3 heterocycles. The molecule has 1 saturated heterocycles. The molecule has 2 N–H and O–H groups in total. The highest BCUT2D eigenvalue weighted by Gasteiger charge is 2.35. The molecule has 144 valence electrons. The molecule has 2 aromatic heterocycles. The fourth-order valence-electron chi connectivity index (χ4n) is 4.45. The summed E-state index contributed by atoms with van der Waals surface area (Å²) in [5.74, 6) is 1.29. The second-order valence-corrected chi connectivity index (χ2v) is 8.57. The van der Waals surface area contributed by atoms with Gasteiger partial charge in [-0.25, -0.2) is 0 Å². The van der Waals surface area contributed by atoms with Crippen LogP contribution in [0.25, 0.3) is 11.3 Å². The average molecular weight is 367 g/mol. The van der Waals surface area contributed by atoms with Crippen molar-refractivity contribution in [1.82, 2.24) is 19.7 Å². The van der Waals surface area contributed by atoms with Crippen LogP contribution in [0.4, 0.5) is 5.69 Å². The molecule has 3 aliphatic rings. The van der Waals surface area contributed by atoms with Gasteiger partial charge in [0, 0.05) is 50.1 Å². The van der Waals surface area contributed by atoms with Crippen molar-refractivity contribution in [2.75, 3.05) is 44.7 Å². The Kier molecular flexibility index (Phi) is 4.40. The molecule has 3 fully saturated rings. The van der Waals surface area contributed by atoms with E-state index in [-0.39, 0.29) is 0 Å². The highest BCUT2D eigenvalue weighted by Crippen LogP contribution is 2.46. The van der Waals surface area contributed by atoms with Crippen molar-refractivity contribution in [1.29, 1.82) is 0 Å². The Hall–Kier alpha value is -1.92. The van der Waals surface area contributed by atoms with E-state index in [0.29, 0.717) is 17.9 Å². The molecule has 0 unspecified atom stereocenters. The highest BCUT2D eigenvalue weighted by atomic mass is 15.3. The lowest BCUT2D eigenvalue weighted by Gasteiger charge is -2.35. The van der Waals surface area contributed by atoms with Gasteiger partial charge in [-0.15, -0.1) is 0 Å². The van der Waals surface area contributed by atoms with Crippen molar-refractivity contribution in [3.05, 3.63) is 30.2 Å². The summed E-state index contributed by atoms with van der Waals surface area (Å²) >= 11 is 0. The summed E-state index contributed by atoms with van der Waals surface area (Å²) < 4.78 is 2.22. The van der Waals surface area contributed by atoms with Crippen molar-refractivity contribution in [2.24, 2.45) is 11.7 Å². The summed E-state index contributed by atoms with van der Waals surface area (Å²) in [6.45, 7) is 5.12. The summed E-state index contributed by atoms with van der Waals surface area (Å²) in [4.78, 5) is 9.72. The van der Waals surface area contributed by atoms with Crippen LogP contribution in [0, 0.1) is 5.92 Å². The molecule has 1 aliphatic heterocycles. The zero-order chi connectivity index (χ0) is 18.4. The third-order valence-corrected chi connectivity index (χ3v) is 6.53. The molecule has 0 atom stereocenters. The van der Waals surface area contributed by atoms with Crippen LogP contribution in [-0.2, 0) is 0 Å². The van der Waals surface area contributed by atoms with Gasteiger partial charge in [-0.05, 0) is 57.3 Å². The third-order valence-electron chi connectivity index (χ3n) is 6.53. The van der Waals surface area contributed by atoms with Gasteiger partial charge in [0.25, 0.3) is 0 Å². The van der Waals surface area contributed by atoms with Gasteiger partial charge in [0.2, 0.25) is 0 Å². The molecule has 0 bridgehead atoms. The van der Waals surface area contributed by atoms with E-state index in [0.717, 1.165) is 51.3 Å². The van der Waals surface area contributed by atoms with Gasteiger partial charge in [0.15, 0.2) is 0 Å². The van der Waals surface area contributed by atoms with E-state index in [4.69, 9.17) is 15.8 Å². The minimum atomic E-state index is 0.514. The molecule has 2 saturated carbocycles. The van der Waals surface area contributed by atoms with E-state index in [1.165, 1.54) is 29.8 Å². The van der Waals surface area contributed by atoms with Crippen molar-refractivity contribution in [3.8, 4) is 11.3 Å². The van der Waals surface area contributed by atoms with Gasteiger partial charge < -0.3 is 15.5 Å². The van der Waals surface area contributed by atoms with E-state index in [9.17, 15) is 0 Å². The van der Waals surface area contributed by atoms with Crippen LogP contribution in [0.1, 0.15) is 43.3 Å². The number of anilines is 1. The molecule has 0 aromatic carbocycles. The molecule has 2 aliphatic carbocycles. The number of hydrogen-bond donors (Lipinski definition) is 1. The van der Waals surface area contributed by atoms with Crippen molar-refractivity contribution in [3.63, 3.8) is 0 Å². The van der Waals surface area contributed by atoms with E-state index >= 15 is 0 Å². The molecule has 2 aromatic rings. The minimum Gasteiger partial charge on any atom is -0.367 e. The van der Waals surface area contributed by atoms with Crippen LogP contribution < -0.4 is 10.6 Å². The SMILES string of the molecule is CN1CCN(c2cccnc2-c2cn(C3CC(CN)C3)nc2C2CC2)CC1. The summed E-state index contributed by atoms with van der Waals surface area (Å²) in [5, 5.41) is 5.05. The van der Waals surface area contributed by atoms with Crippen LogP contribution >= 0.6 is 0 Å². The quantitative estimate of drug-likeness (QED) is 0.881. The predicted octanol–water partition coefficient (Wildman–Crippen LogP) is 2.48. The molecular formula is C21H30N6. The Bertz CT molecular complexity index is 797. The zero-order valence-corrected chi connectivity index (χ0v) is 16.2. The van der Waals surface area contributed by atoms with Gasteiger partial charge in [-0.3, -0.25) is 9.67 Å². The highest BCUT2D eigenvalue weighted by molar-refractivity contribution is 5.77. The number of piperazine rings is 1. The second-order valence-electron chi connectivity index (χ2n) is 8.57. The first-order valence-electron chi connectivity index (χ1n) is 10.4. The van der Waals surface area contributed by atoms with E-state index in [1.807, 2.05) is 6.20 Å². The molecular weight excluding hydrogens is 336 g/mol. The number of rotatable bonds is 5. The first-order valence-corrected chi connectivity index (χ1v) is 10.4. The lowest BCUT2D eigenvalue weighted by molar-refractivity contribution is 0.189. The third kappa shape index (κ3) is 3.25. The summed E-state index contributed by atoms with van der Waals surface area (Å²) in [6, 6.07) is 4.81. The lowest BCUT2D eigenvalue weighted by atomic mass is 9.80. The Morgan fingerprint density at radius 1 is 1.15 bits per heavy atom. The molecule has 6 heteroatoms. The number of hydrogen-bond acceptors (Lipinski definition) is 5. The van der Waals surface area contributed by atoms with Crippen molar-refractivity contribution >= 4 is 5.69 Å². The predicted molar refractivity (Wildman–Crippen MR) is 108 cm³/mol. The maximum Gasteiger partial charge on any atom is 0.0969 e. The number of nitrogens with two attached hydrogens (primary N) is 1. The molecule has 5 rings (SSSR count). The monoisotopic (exact) mass is 366 g/mol. The number of aromatic nitrogens is 3. The molecule has 0 radical (unpaired) electrons. The van der Waals surface area contributed by atoms with E-state index in [1.54, 1.807) is 0 Å². The topological polar surface area (TPSA) is 63.2 Å². The zero-order valence-electron chi connectivity index (χ0n) is 16.2. The summed E-state index contributed by atoms with van der Waals surface area (Å²) in [7, 11) is 2.20. The second kappa shape index (κ2) is 6.91. The van der Waals surface area contributed by atoms with Crippen molar-refractivity contribution in [2.45, 2.75) is 37.6 Å². The molecule has 0 spiro atoms. The van der Waals surface area contributed by atoms with Crippen molar-refractivity contribution < 1.29 is 0 Å². The van der Waals surface area contributed by atoms with Gasteiger partial charge >= 0.3 is 0 Å². The lowest BCUT2D eigenvalue weighted by Crippen LogP contribution is -2.44. The summed E-state index contributed by atoms with van der Waals surface area (Å²) in [5.41, 5.74) is 10.7. The Morgan fingerprint density at radius 3 is 2.63 bits per heavy atom. The number of likely N-dealkylation sites (N-methyl/N-ethyl adjacent to an activating group) is 1. The average Bonchev–Trinajstić information content (AvgIpc) is 3.41. The Morgan fingerprint density at radius 2 is 1.93 bits per heavy atom.